The molecule has 0 aromatic heterocycles. The Morgan fingerprint density at radius 3 is 2.57 bits per heavy atom. The van der Waals surface area contributed by atoms with Crippen LogP contribution in [0.5, 0.6) is 0 Å². The van der Waals surface area contributed by atoms with E-state index in [1.807, 2.05) is 24.3 Å². The number of hydrogen-bond acceptors (Lipinski definition) is 5. The average Bonchev–Trinajstić information content (AvgIpc) is 3.00. The summed E-state index contributed by atoms with van der Waals surface area (Å²) in [5, 5.41) is 19.7. The van der Waals surface area contributed by atoms with Gasteiger partial charge in [0, 0.05) is 6.54 Å². The number of nitrogens with zero attached hydrogens (tertiary/aromatic N) is 3. The quantitative estimate of drug-likeness (QED) is 0.419. The minimum absolute atomic E-state index is 0.117. The molecule has 110 valence electrons. The summed E-state index contributed by atoms with van der Waals surface area (Å²) in [6.07, 6.45) is 3.68. The van der Waals surface area contributed by atoms with Gasteiger partial charge in [-0.05, 0) is 50.0 Å². The van der Waals surface area contributed by atoms with Gasteiger partial charge in [0.15, 0.2) is 5.84 Å². The molecule has 4 N–H and O–H groups in total. The van der Waals surface area contributed by atoms with Crippen molar-refractivity contribution in [2.24, 2.45) is 10.8 Å². The molecule has 1 aliphatic rings. The molecule has 0 unspecified atom stereocenters. The fraction of sp³-hybridized carbons (Fsp3) is 0.400. The minimum Gasteiger partial charge on any atom is -0.382 e. The Labute approximate surface area is 124 Å². The summed E-state index contributed by atoms with van der Waals surface area (Å²) < 4.78 is 0. The lowest BCUT2D eigenvalue weighted by Crippen LogP contribution is -2.22. The standard InChI is InChI=1S/C15H20N6/c16-11-14(15(17)18)20-19-13-5-3-12(4-6-13)7-10-21-8-1-2-9-21/h3-6,19H,1-2,7-10H2,(H3,17,18)/b20-14+. The molecule has 1 saturated heterocycles. The van der Waals surface area contributed by atoms with Crippen LogP contribution in [0.3, 0.4) is 0 Å². The first-order valence-corrected chi connectivity index (χ1v) is 7.08. The third-order valence-corrected chi connectivity index (χ3v) is 3.53. The average molecular weight is 284 g/mol. The highest BCUT2D eigenvalue weighted by molar-refractivity contribution is 6.45. The van der Waals surface area contributed by atoms with Gasteiger partial charge >= 0.3 is 0 Å². The second-order valence-corrected chi connectivity index (χ2v) is 5.09. The maximum Gasteiger partial charge on any atom is 0.201 e. The van der Waals surface area contributed by atoms with Crippen LogP contribution in [-0.4, -0.2) is 36.1 Å². The molecule has 1 aromatic rings. The molecular formula is C15H20N6. The van der Waals surface area contributed by atoms with Gasteiger partial charge in [0.2, 0.25) is 5.71 Å². The van der Waals surface area contributed by atoms with E-state index >= 15 is 0 Å². The van der Waals surface area contributed by atoms with Gasteiger partial charge in [-0.3, -0.25) is 10.8 Å². The van der Waals surface area contributed by atoms with Crippen molar-refractivity contribution in [3.8, 4) is 6.07 Å². The predicted octanol–water partition coefficient (Wildman–Crippen LogP) is 1.55. The number of nitriles is 1. The normalized spacial score (nSPS) is 15.7. The molecule has 1 aromatic carbocycles. The van der Waals surface area contributed by atoms with Crippen LogP contribution in [0.15, 0.2) is 29.4 Å². The largest absolute Gasteiger partial charge is 0.382 e. The van der Waals surface area contributed by atoms with E-state index in [1.165, 1.54) is 31.5 Å². The van der Waals surface area contributed by atoms with Crippen LogP contribution in [0.1, 0.15) is 18.4 Å². The number of amidine groups is 1. The number of rotatable bonds is 6. The van der Waals surface area contributed by atoms with Crippen molar-refractivity contribution < 1.29 is 0 Å². The van der Waals surface area contributed by atoms with E-state index in [0.29, 0.717) is 0 Å². The van der Waals surface area contributed by atoms with Gasteiger partial charge in [-0.15, -0.1) is 0 Å². The molecule has 1 heterocycles. The Morgan fingerprint density at radius 1 is 1.33 bits per heavy atom. The molecule has 2 rings (SSSR count). The summed E-state index contributed by atoms with van der Waals surface area (Å²) in [5.74, 6) is -0.341. The fourth-order valence-corrected chi connectivity index (χ4v) is 2.31. The minimum atomic E-state index is -0.341. The third-order valence-electron chi connectivity index (χ3n) is 3.53. The summed E-state index contributed by atoms with van der Waals surface area (Å²) >= 11 is 0. The Morgan fingerprint density at radius 2 is 2.00 bits per heavy atom. The molecule has 0 bridgehead atoms. The van der Waals surface area contributed by atoms with Gasteiger partial charge in [-0.1, -0.05) is 12.1 Å². The molecule has 0 saturated carbocycles. The monoisotopic (exact) mass is 284 g/mol. The van der Waals surface area contributed by atoms with Crippen LogP contribution in [0.2, 0.25) is 0 Å². The van der Waals surface area contributed by atoms with E-state index in [9.17, 15) is 0 Å². The molecule has 6 nitrogen and oxygen atoms in total. The second kappa shape index (κ2) is 7.41. The van der Waals surface area contributed by atoms with Crippen molar-refractivity contribution in [1.29, 1.82) is 10.7 Å². The smallest absolute Gasteiger partial charge is 0.201 e. The predicted molar refractivity (Wildman–Crippen MR) is 84.4 cm³/mol. The van der Waals surface area contributed by atoms with Gasteiger partial charge in [0.1, 0.15) is 6.07 Å². The molecule has 6 heteroatoms. The van der Waals surface area contributed by atoms with E-state index < -0.39 is 0 Å². The summed E-state index contributed by atoms with van der Waals surface area (Å²) in [7, 11) is 0. The van der Waals surface area contributed by atoms with E-state index in [0.717, 1.165) is 18.7 Å². The highest BCUT2D eigenvalue weighted by atomic mass is 15.3. The lowest BCUT2D eigenvalue weighted by Gasteiger charge is -2.14. The number of hydrazone groups is 1. The number of hydrogen-bond donors (Lipinski definition) is 3. The fourth-order valence-electron chi connectivity index (χ4n) is 2.31. The van der Waals surface area contributed by atoms with Crippen LogP contribution in [-0.2, 0) is 6.42 Å². The van der Waals surface area contributed by atoms with Crippen LogP contribution in [0, 0.1) is 16.7 Å². The lowest BCUT2D eigenvalue weighted by molar-refractivity contribution is 0.343. The first-order chi connectivity index (χ1) is 10.2. The van der Waals surface area contributed by atoms with Crippen LogP contribution < -0.4 is 11.2 Å². The highest BCUT2D eigenvalue weighted by Crippen LogP contribution is 2.12. The molecule has 21 heavy (non-hydrogen) atoms. The van der Waals surface area contributed by atoms with Crippen molar-refractivity contribution in [1.82, 2.24) is 4.90 Å². The third kappa shape index (κ3) is 4.58. The SMILES string of the molecule is N#C/C(=N\Nc1ccc(CCN2CCCC2)cc1)C(=N)N. The summed E-state index contributed by atoms with van der Waals surface area (Å²) in [6.45, 7) is 3.54. The van der Waals surface area contributed by atoms with Crippen molar-refractivity contribution >= 4 is 17.2 Å². The van der Waals surface area contributed by atoms with Crippen LogP contribution >= 0.6 is 0 Å². The lowest BCUT2D eigenvalue weighted by atomic mass is 10.1. The Hall–Kier alpha value is -2.39. The molecule has 1 aliphatic heterocycles. The number of benzene rings is 1. The first-order valence-electron chi connectivity index (χ1n) is 7.08. The maximum atomic E-state index is 8.75. The molecular weight excluding hydrogens is 264 g/mol. The number of nitrogens with one attached hydrogen (secondary N) is 2. The zero-order chi connectivity index (χ0) is 15.1. The van der Waals surface area contributed by atoms with E-state index in [4.69, 9.17) is 16.4 Å². The molecule has 0 amide bonds. The van der Waals surface area contributed by atoms with Crippen molar-refractivity contribution in [3.05, 3.63) is 29.8 Å². The molecule has 0 radical (unpaired) electrons. The van der Waals surface area contributed by atoms with Crippen molar-refractivity contribution in [2.45, 2.75) is 19.3 Å². The van der Waals surface area contributed by atoms with Crippen LogP contribution in [0.25, 0.3) is 0 Å². The molecule has 1 fully saturated rings. The van der Waals surface area contributed by atoms with Gasteiger partial charge in [0.25, 0.3) is 0 Å². The molecule has 0 atom stereocenters. The summed E-state index contributed by atoms with van der Waals surface area (Å²) in [5.41, 5.74) is 9.89. The molecule has 0 aliphatic carbocycles. The van der Waals surface area contributed by atoms with Crippen molar-refractivity contribution in [2.75, 3.05) is 25.1 Å². The van der Waals surface area contributed by atoms with Crippen molar-refractivity contribution in [3.63, 3.8) is 0 Å². The number of likely N-dealkylation sites (tertiary alicyclic amines) is 1. The Kier molecular flexibility index (Phi) is 5.29. The van der Waals surface area contributed by atoms with Gasteiger partial charge in [-0.25, -0.2) is 0 Å². The van der Waals surface area contributed by atoms with E-state index in [-0.39, 0.29) is 11.5 Å². The highest BCUT2D eigenvalue weighted by Gasteiger charge is 2.10. The summed E-state index contributed by atoms with van der Waals surface area (Å²) in [4.78, 5) is 2.49. The number of anilines is 1. The van der Waals surface area contributed by atoms with E-state index in [2.05, 4.69) is 15.4 Å². The maximum absolute atomic E-state index is 8.75. The number of nitrogens with two attached hydrogens (primary N) is 1. The van der Waals surface area contributed by atoms with Crippen LogP contribution in [0.4, 0.5) is 5.69 Å². The zero-order valence-corrected chi connectivity index (χ0v) is 12.0. The second-order valence-electron chi connectivity index (χ2n) is 5.09. The Bertz CT molecular complexity index is 549. The first kappa shape index (κ1) is 15.0. The van der Waals surface area contributed by atoms with Gasteiger partial charge in [-0.2, -0.15) is 10.4 Å². The Balaban J connectivity index is 1.86. The van der Waals surface area contributed by atoms with Gasteiger partial charge < -0.3 is 10.6 Å². The topological polar surface area (TPSA) is 101 Å². The zero-order valence-electron chi connectivity index (χ0n) is 12.0. The van der Waals surface area contributed by atoms with E-state index in [1.54, 1.807) is 6.07 Å². The summed E-state index contributed by atoms with van der Waals surface area (Å²) in [6, 6.07) is 9.70. The van der Waals surface area contributed by atoms with Gasteiger partial charge in [0.05, 0.1) is 5.69 Å². The molecule has 0 spiro atoms.